The number of aryl methyl sites for hydroxylation is 1. The summed E-state index contributed by atoms with van der Waals surface area (Å²) in [5.41, 5.74) is 2.01. The van der Waals surface area contributed by atoms with Crippen LogP contribution in [-0.4, -0.2) is 29.9 Å². The summed E-state index contributed by atoms with van der Waals surface area (Å²) in [4.78, 5) is 9.67. The summed E-state index contributed by atoms with van der Waals surface area (Å²) in [7, 11) is 1.88. The van der Waals surface area contributed by atoms with Gasteiger partial charge in [-0.05, 0) is 11.6 Å². The molecule has 1 aromatic carbocycles. The highest BCUT2D eigenvalue weighted by atomic mass is 32.1. The molecule has 1 N–H and O–H groups in total. The molecule has 0 bridgehead atoms. The number of hydrogen-bond donors (Lipinski definition) is 1. The highest BCUT2D eigenvalue weighted by Crippen LogP contribution is 2.38. The van der Waals surface area contributed by atoms with E-state index in [0.29, 0.717) is 18.3 Å². The molecule has 120 valence electrons. The van der Waals surface area contributed by atoms with Crippen LogP contribution >= 0.6 is 11.3 Å². The van der Waals surface area contributed by atoms with Gasteiger partial charge in [-0.25, -0.2) is 4.98 Å². The Balaban J connectivity index is 1.69. The zero-order chi connectivity index (χ0) is 16.4. The Morgan fingerprint density at radius 3 is 2.79 bits per heavy atom. The number of nitrogens with one attached hydrogen (secondary N) is 1. The first-order valence-electron chi connectivity index (χ1n) is 7.33. The van der Waals surface area contributed by atoms with E-state index in [1.807, 2.05) is 43.4 Å². The number of hydrogen-bond acceptors (Lipinski definition) is 6. The van der Waals surface area contributed by atoms with Crippen LogP contribution in [0.25, 0.3) is 21.4 Å². The van der Waals surface area contributed by atoms with Gasteiger partial charge in [-0.1, -0.05) is 30.3 Å². The van der Waals surface area contributed by atoms with E-state index < -0.39 is 0 Å². The summed E-state index contributed by atoms with van der Waals surface area (Å²) >= 11 is 1.49. The smallest absolute Gasteiger partial charge is 0.236 e. The van der Waals surface area contributed by atoms with Crippen molar-refractivity contribution in [3.05, 3.63) is 54.5 Å². The minimum Gasteiger partial charge on any atom is -0.472 e. The third-order valence-electron chi connectivity index (χ3n) is 3.48. The first-order valence-corrected chi connectivity index (χ1v) is 8.14. The molecule has 3 heterocycles. The van der Waals surface area contributed by atoms with Crippen molar-refractivity contribution in [2.45, 2.75) is 6.61 Å². The van der Waals surface area contributed by atoms with E-state index in [1.165, 1.54) is 17.7 Å². The molecule has 0 atom stereocenters. The Kier molecular flexibility index (Phi) is 3.80. The summed E-state index contributed by atoms with van der Waals surface area (Å²) in [6.07, 6.45) is 3.22. The van der Waals surface area contributed by atoms with Gasteiger partial charge in [-0.3, -0.25) is 9.78 Å². The number of rotatable bonds is 5. The second kappa shape index (κ2) is 6.25. The number of thiazole rings is 1. The molecule has 0 aliphatic carbocycles. The van der Waals surface area contributed by atoms with Crippen LogP contribution in [0.1, 0.15) is 5.56 Å². The quantitative estimate of drug-likeness (QED) is 0.605. The topological polar surface area (TPSA) is 81.5 Å². The van der Waals surface area contributed by atoms with E-state index in [9.17, 15) is 0 Å². The fourth-order valence-corrected chi connectivity index (χ4v) is 3.30. The van der Waals surface area contributed by atoms with Gasteiger partial charge in [-0.2, -0.15) is 15.2 Å². The Labute approximate surface area is 142 Å². The molecule has 0 fully saturated rings. The van der Waals surface area contributed by atoms with Gasteiger partial charge in [-0.15, -0.1) is 11.3 Å². The Hall–Kier alpha value is -3.00. The molecule has 0 radical (unpaired) electrons. The molecular weight excluding hydrogens is 324 g/mol. The maximum absolute atomic E-state index is 5.95. The number of ether oxygens (including phenoxy) is 1. The first kappa shape index (κ1) is 14.6. The molecule has 0 spiro atoms. The summed E-state index contributed by atoms with van der Waals surface area (Å²) in [6, 6.07) is 11.9. The molecule has 4 rings (SSSR count). The van der Waals surface area contributed by atoms with Crippen LogP contribution in [-0.2, 0) is 13.7 Å². The Morgan fingerprint density at radius 2 is 2.08 bits per heavy atom. The van der Waals surface area contributed by atoms with Crippen molar-refractivity contribution >= 4 is 11.3 Å². The fraction of sp³-hybridized carbons (Fsp3) is 0.125. The van der Waals surface area contributed by atoms with Crippen molar-refractivity contribution in [1.29, 1.82) is 0 Å². The van der Waals surface area contributed by atoms with Gasteiger partial charge < -0.3 is 4.74 Å². The highest BCUT2D eigenvalue weighted by molar-refractivity contribution is 7.18. The van der Waals surface area contributed by atoms with E-state index in [4.69, 9.17) is 4.74 Å². The largest absolute Gasteiger partial charge is 0.472 e. The van der Waals surface area contributed by atoms with Gasteiger partial charge in [0.15, 0.2) is 5.82 Å². The van der Waals surface area contributed by atoms with Crippen LogP contribution < -0.4 is 4.74 Å². The zero-order valence-electron chi connectivity index (χ0n) is 12.9. The van der Waals surface area contributed by atoms with Gasteiger partial charge in [0, 0.05) is 13.2 Å². The first-order chi connectivity index (χ1) is 11.8. The van der Waals surface area contributed by atoms with Gasteiger partial charge in [0.2, 0.25) is 5.88 Å². The van der Waals surface area contributed by atoms with Crippen LogP contribution in [0.15, 0.2) is 48.9 Å². The second-order valence-electron chi connectivity index (χ2n) is 5.10. The molecule has 4 aromatic rings. The second-order valence-corrected chi connectivity index (χ2v) is 6.10. The summed E-state index contributed by atoms with van der Waals surface area (Å²) < 4.78 is 7.73. The maximum Gasteiger partial charge on any atom is 0.236 e. The van der Waals surface area contributed by atoms with Gasteiger partial charge in [0.05, 0.1) is 5.69 Å². The summed E-state index contributed by atoms with van der Waals surface area (Å²) in [5.74, 6) is 1.18. The predicted molar refractivity (Wildman–Crippen MR) is 90.5 cm³/mol. The molecule has 24 heavy (non-hydrogen) atoms. The lowest BCUT2D eigenvalue weighted by Gasteiger charge is -2.04. The molecule has 7 nitrogen and oxygen atoms in total. The van der Waals surface area contributed by atoms with Crippen LogP contribution in [0.2, 0.25) is 0 Å². The molecule has 0 unspecified atom stereocenters. The lowest BCUT2D eigenvalue weighted by Crippen LogP contribution is -1.97. The molecule has 0 amide bonds. The molecule has 0 saturated heterocycles. The Morgan fingerprint density at radius 1 is 1.21 bits per heavy atom. The third-order valence-corrected chi connectivity index (χ3v) is 4.55. The van der Waals surface area contributed by atoms with Crippen molar-refractivity contribution in [3.63, 3.8) is 0 Å². The molecule has 3 aromatic heterocycles. The highest BCUT2D eigenvalue weighted by Gasteiger charge is 2.19. The van der Waals surface area contributed by atoms with Crippen LogP contribution in [0.3, 0.4) is 0 Å². The minimum absolute atomic E-state index is 0.441. The van der Waals surface area contributed by atoms with Crippen molar-refractivity contribution in [3.8, 4) is 27.3 Å². The molecule has 0 aliphatic rings. The number of H-pyrrole nitrogens is 1. The summed E-state index contributed by atoms with van der Waals surface area (Å²) in [6.45, 7) is 0.441. The lowest BCUT2D eigenvalue weighted by molar-refractivity contribution is 0.297. The summed E-state index contributed by atoms with van der Waals surface area (Å²) in [5, 5.41) is 11.8. The van der Waals surface area contributed by atoms with E-state index in [-0.39, 0.29) is 0 Å². The van der Waals surface area contributed by atoms with E-state index in [2.05, 4.69) is 25.3 Å². The van der Waals surface area contributed by atoms with E-state index in [0.717, 1.165) is 21.1 Å². The molecular formula is C16H14N6OS. The van der Waals surface area contributed by atoms with Gasteiger partial charge in [0.1, 0.15) is 22.8 Å². The minimum atomic E-state index is 0.441. The van der Waals surface area contributed by atoms with Gasteiger partial charge >= 0.3 is 0 Å². The number of benzene rings is 1. The van der Waals surface area contributed by atoms with Crippen molar-refractivity contribution in [2.24, 2.45) is 7.05 Å². The standard InChI is InChI=1S/C16H14N6OS/c1-22-12(7-8-19-22)16-20-15(13(24-16)14-17-10-18-21-14)23-9-11-5-3-2-4-6-11/h2-8,10H,9H2,1H3,(H,17,18,21). The van der Waals surface area contributed by atoms with Gasteiger partial charge in [0.25, 0.3) is 0 Å². The Bertz CT molecular complexity index is 929. The van der Waals surface area contributed by atoms with Crippen LogP contribution in [0, 0.1) is 0 Å². The number of nitrogens with zero attached hydrogens (tertiary/aromatic N) is 5. The fourth-order valence-electron chi connectivity index (χ4n) is 2.29. The molecule has 8 heteroatoms. The lowest BCUT2D eigenvalue weighted by atomic mass is 10.2. The monoisotopic (exact) mass is 338 g/mol. The van der Waals surface area contributed by atoms with Crippen LogP contribution in [0.5, 0.6) is 5.88 Å². The average molecular weight is 338 g/mol. The normalized spacial score (nSPS) is 10.9. The average Bonchev–Trinajstić information content (AvgIpc) is 3.34. The van der Waals surface area contributed by atoms with Crippen molar-refractivity contribution in [2.75, 3.05) is 0 Å². The number of aromatic nitrogens is 6. The number of aromatic amines is 1. The van der Waals surface area contributed by atoms with Crippen LogP contribution in [0.4, 0.5) is 0 Å². The van der Waals surface area contributed by atoms with Crippen molar-refractivity contribution < 1.29 is 4.74 Å². The van der Waals surface area contributed by atoms with Crippen molar-refractivity contribution in [1.82, 2.24) is 29.9 Å². The third kappa shape index (κ3) is 2.79. The molecule has 0 saturated carbocycles. The maximum atomic E-state index is 5.95. The SMILES string of the molecule is Cn1nccc1-c1nc(OCc2ccccc2)c(-c2ncn[nH]2)s1. The zero-order valence-corrected chi connectivity index (χ0v) is 13.7. The van der Waals surface area contributed by atoms with E-state index in [1.54, 1.807) is 10.9 Å². The van der Waals surface area contributed by atoms with E-state index >= 15 is 0 Å². The molecule has 0 aliphatic heterocycles. The predicted octanol–water partition coefficient (Wildman–Crippen LogP) is 2.91.